The predicted octanol–water partition coefficient (Wildman–Crippen LogP) is 3.54. The Morgan fingerprint density at radius 3 is 2.74 bits per heavy atom. The summed E-state index contributed by atoms with van der Waals surface area (Å²) in [6.45, 7) is 6.95. The lowest BCUT2D eigenvalue weighted by atomic mass is 9.89. The average molecular weight is 262 g/mol. The van der Waals surface area contributed by atoms with Crippen molar-refractivity contribution in [2.75, 3.05) is 30.8 Å². The number of ether oxygens (including phenoxy) is 1. The van der Waals surface area contributed by atoms with Crippen molar-refractivity contribution in [2.45, 2.75) is 33.1 Å². The first-order chi connectivity index (χ1) is 9.11. The van der Waals surface area contributed by atoms with Gasteiger partial charge in [0.05, 0.1) is 12.8 Å². The molecule has 19 heavy (non-hydrogen) atoms. The van der Waals surface area contributed by atoms with Gasteiger partial charge in [-0.05, 0) is 43.2 Å². The predicted molar refractivity (Wildman–Crippen MR) is 81.8 cm³/mol. The monoisotopic (exact) mass is 262 g/mol. The molecule has 2 rings (SSSR count). The van der Waals surface area contributed by atoms with Crippen molar-refractivity contribution in [3.05, 3.63) is 18.2 Å². The summed E-state index contributed by atoms with van der Waals surface area (Å²) in [5, 5.41) is 0. The molecule has 1 aromatic rings. The highest BCUT2D eigenvalue weighted by molar-refractivity contribution is 5.62. The summed E-state index contributed by atoms with van der Waals surface area (Å²) in [4.78, 5) is 2.46. The molecular weight excluding hydrogens is 236 g/mol. The zero-order valence-electron chi connectivity index (χ0n) is 12.4. The van der Waals surface area contributed by atoms with E-state index in [1.54, 1.807) is 7.11 Å². The Bertz CT molecular complexity index is 417. The maximum absolute atomic E-state index is 5.88. The molecule has 0 radical (unpaired) electrons. The molecule has 0 saturated carbocycles. The maximum Gasteiger partial charge on any atom is 0.143 e. The number of hydrogen-bond donors (Lipinski definition) is 1. The topological polar surface area (TPSA) is 38.5 Å². The number of benzene rings is 1. The summed E-state index contributed by atoms with van der Waals surface area (Å²) >= 11 is 0. The number of methoxy groups -OCH3 is 1. The van der Waals surface area contributed by atoms with Gasteiger partial charge in [0, 0.05) is 24.8 Å². The van der Waals surface area contributed by atoms with Crippen LogP contribution in [0, 0.1) is 11.8 Å². The summed E-state index contributed by atoms with van der Waals surface area (Å²) in [5.41, 5.74) is 7.82. The molecule has 1 unspecified atom stereocenters. The zero-order chi connectivity index (χ0) is 13.8. The largest absolute Gasteiger partial charge is 0.495 e. The van der Waals surface area contributed by atoms with Crippen molar-refractivity contribution in [1.29, 1.82) is 0 Å². The Balaban J connectivity index is 2.09. The molecule has 0 amide bonds. The highest BCUT2D eigenvalue weighted by Crippen LogP contribution is 2.31. The molecule has 0 spiro atoms. The SMILES string of the molecule is COc1cc(N2CCCC(C(C)C)CC2)ccc1N. The normalized spacial score (nSPS) is 20.4. The van der Waals surface area contributed by atoms with Crippen LogP contribution in [0.15, 0.2) is 18.2 Å². The first kappa shape index (κ1) is 14.0. The summed E-state index contributed by atoms with van der Waals surface area (Å²) in [5.74, 6) is 2.43. The van der Waals surface area contributed by atoms with E-state index in [0.717, 1.165) is 30.7 Å². The average Bonchev–Trinajstić information content (AvgIpc) is 2.65. The second kappa shape index (κ2) is 6.18. The van der Waals surface area contributed by atoms with Gasteiger partial charge in [0.2, 0.25) is 0 Å². The van der Waals surface area contributed by atoms with Gasteiger partial charge < -0.3 is 15.4 Å². The molecule has 1 aliphatic heterocycles. The van der Waals surface area contributed by atoms with Crippen molar-refractivity contribution in [3.8, 4) is 5.75 Å². The molecule has 0 bridgehead atoms. The van der Waals surface area contributed by atoms with Gasteiger partial charge in [-0.25, -0.2) is 0 Å². The van der Waals surface area contributed by atoms with E-state index >= 15 is 0 Å². The van der Waals surface area contributed by atoms with Crippen LogP contribution < -0.4 is 15.4 Å². The fraction of sp³-hybridized carbons (Fsp3) is 0.625. The van der Waals surface area contributed by atoms with Crippen LogP contribution in [0.3, 0.4) is 0 Å². The minimum absolute atomic E-state index is 0.709. The van der Waals surface area contributed by atoms with Gasteiger partial charge in [0.25, 0.3) is 0 Å². The summed E-state index contributed by atoms with van der Waals surface area (Å²) in [7, 11) is 1.67. The second-order valence-corrected chi connectivity index (χ2v) is 5.85. The van der Waals surface area contributed by atoms with Crippen LogP contribution in [0.25, 0.3) is 0 Å². The Labute approximate surface area is 116 Å². The fourth-order valence-corrected chi connectivity index (χ4v) is 2.94. The van der Waals surface area contributed by atoms with Gasteiger partial charge in [-0.1, -0.05) is 13.8 Å². The molecule has 3 nitrogen and oxygen atoms in total. The van der Waals surface area contributed by atoms with E-state index in [1.807, 2.05) is 6.07 Å². The zero-order valence-corrected chi connectivity index (χ0v) is 12.4. The van der Waals surface area contributed by atoms with Gasteiger partial charge in [0.1, 0.15) is 5.75 Å². The third kappa shape index (κ3) is 3.34. The van der Waals surface area contributed by atoms with Gasteiger partial charge in [-0.2, -0.15) is 0 Å². The first-order valence-electron chi connectivity index (χ1n) is 7.30. The van der Waals surface area contributed by atoms with Crippen molar-refractivity contribution >= 4 is 11.4 Å². The third-order valence-corrected chi connectivity index (χ3v) is 4.30. The van der Waals surface area contributed by atoms with Crippen molar-refractivity contribution < 1.29 is 4.74 Å². The van der Waals surface area contributed by atoms with E-state index in [-0.39, 0.29) is 0 Å². The second-order valence-electron chi connectivity index (χ2n) is 5.85. The number of nitrogens with zero attached hydrogens (tertiary/aromatic N) is 1. The smallest absolute Gasteiger partial charge is 0.143 e. The molecule has 1 aliphatic rings. The first-order valence-corrected chi connectivity index (χ1v) is 7.30. The number of anilines is 2. The Morgan fingerprint density at radius 2 is 2.05 bits per heavy atom. The van der Waals surface area contributed by atoms with Crippen molar-refractivity contribution in [3.63, 3.8) is 0 Å². The van der Waals surface area contributed by atoms with Crippen LogP contribution in [0.5, 0.6) is 5.75 Å². The molecule has 0 aliphatic carbocycles. The molecular formula is C16H26N2O. The summed E-state index contributed by atoms with van der Waals surface area (Å²) < 4.78 is 5.32. The molecule has 2 N–H and O–H groups in total. The van der Waals surface area contributed by atoms with Crippen LogP contribution in [0.1, 0.15) is 33.1 Å². The van der Waals surface area contributed by atoms with E-state index in [0.29, 0.717) is 5.69 Å². The highest BCUT2D eigenvalue weighted by Gasteiger charge is 2.20. The van der Waals surface area contributed by atoms with Gasteiger partial charge in [-0.3, -0.25) is 0 Å². The minimum Gasteiger partial charge on any atom is -0.495 e. The van der Waals surface area contributed by atoms with Crippen LogP contribution >= 0.6 is 0 Å². The molecule has 3 heteroatoms. The van der Waals surface area contributed by atoms with E-state index in [4.69, 9.17) is 10.5 Å². The van der Waals surface area contributed by atoms with E-state index in [2.05, 4.69) is 30.9 Å². The quantitative estimate of drug-likeness (QED) is 0.847. The molecule has 0 aromatic heterocycles. The van der Waals surface area contributed by atoms with Gasteiger partial charge in [0.15, 0.2) is 0 Å². The maximum atomic E-state index is 5.88. The molecule has 1 heterocycles. The standard InChI is InChI=1S/C16H26N2O/c1-12(2)13-5-4-9-18(10-8-13)14-6-7-15(17)16(11-14)19-3/h6-7,11-13H,4-5,8-10,17H2,1-3H3. The summed E-state index contributed by atoms with van der Waals surface area (Å²) in [6.07, 6.45) is 3.90. The van der Waals surface area contributed by atoms with Crippen molar-refractivity contribution in [2.24, 2.45) is 11.8 Å². The van der Waals surface area contributed by atoms with Gasteiger partial charge in [-0.15, -0.1) is 0 Å². The lowest BCUT2D eigenvalue weighted by Crippen LogP contribution is -2.24. The highest BCUT2D eigenvalue weighted by atomic mass is 16.5. The lowest BCUT2D eigenvalue weighted by molar-refractivity contribution is 0.351. The van der Waals surface area contributed by atoms with Crippen LogP contribution in [0.2, 0.25) is 0 Å². The summed E-state index contributed by atoms with van der Waals surface area (Å²) in [6, 6.07) is 6.11. The third-order valence-electron chi connectivity index (χ3n) is 4.30. The Morgan fingerprint density at radius 1 is 1.26 bits per heavy atom. The van der Waals surface area contributed by atoms with E-state index in [1.165, 1.54) is 24.9 Å². The number of nitrogens with two attached hydrogens (primary N) is 1. The Kier molecular flexibility index (Phi) is 4.56. The van der Waals surface area contributed by atoms with Crippen molar-refractivity contribution in [1.82, 2.24) is 0 Å². The molecule has 1 saturated heterocycles. The van der Waals surface area contributed by atoms with Crippen LogP contribution in [-0.2, 0) is 0 Å². The Hall–Kier alpha value is -1.38. The number of nitrogen functional groups attached to an aromatic ring is 1. The number of hydrogen-bond acceptors (Lipinski definition) is 3. The van der Waals surface area contributed by atoms with E-state index < -0.39 is 0 Å². The van der Waals surface area contributed by atoms with Crippen LogP contribution in [-0.4, -0.2) is 20.2 Å². The molecule has 1 atom stereocenters. The lowest BCUT2D eigenvalue weighted by Gasteiger charge is -2.24. The molecule has 1 aromatic carbocycles. The fourth-order valence-electron chi connectivity index (χ4n) is 2.94. The van der Waals surface area contributed by atoms with Crippen LogP contribution in [0.4, 0.5) is 11.4 Å². The van der Waals surface area contributed by atoms with E-state index in [9.17, 15) is 0 Å². The minimum atomic E-state index is 0.709. The molecule has 106 valence electrons. The number of rotatable bonds is 3. The van der Waals surface area contributed by atoms with Gasteiger partial charge >= 0.3 is 0 Å². The molecule has 1 fully saturated rings.